The van der Waals surface area contributed by atoms with Crippen LogP contribution in [-0.4, -0.2) is 0 Å². The molecule has 0 radical (unpaired) electrons. The fourth-order valence-corrected chi connectivity index (χ4v) is 2.36. The minimum atomic E-state index is -0.282. The molecule has 0 amide bonds. The standard InChI is InChI=1S/C18H16O2/c1-11-4-7-14(8-5-11)16-10-15-9-6-12(2)13(3)17(15)20-18(16)19/h4-10H,1-3H3. The summed E-state index contributed by atoms with van der Waals surface area (Å²) in [6.07, 6.45) is 0. The zero-order chi connectivity index (χ0) is 14.3. The summed E-state index contributed by atoms with van der Waals surface area (Å²) in [7, 11) is 0. The monoisotopic (exact) mass is 264 g/mol. The van der Waals surface area contributed by atoms with E-state index in [2.05, 4.69) is 6.07 Å². The molecule has 0 aliphatic carbocycles. The van der Waals surface area contributed by atoms with Crippen LogP contribution in [0.15, 0.2) is 51.7 Å². The molecule has 0 unspecified atom stereocenters. The third-order valence-electron chi connectivity index (χ3n) is 3.78. The van der Waals surface area contributed by atoms with Crippen LogP contribution in [0, 0.1) is 20.8 Å². The SMILES string of the molecule is Cc1ccc(-c2cc3ccc(C)c(C)c3oc2=O)cc1. The van der Waals surface area contributed by atoms with Crippen LogP contribution in [0.5, 0.6) is 0 Å². The van der Waals surface area contributed by atoms with Gasteiger partial charge in [0.25, 0.3) is 0 Å². The molecule has 0 saturated heterocycles. The van der Waals surface area contributed by atoms with Crippen molar-refractivity contribution in [2.75, 3.05) is 0 Å². The molecule has 3 aromatic rings. The molecule has 3 rings (SSSR count). The van der Waals surface area contributed by atoms with E-state index in [9.17, 15) is 4.79 Å². The van der Waals surface area contributed by atoms with E-state index >= 15 is 0 Å². The van der Waals surface area contributed by atoms with E-state index in [0.29, 0.717) is 11.1 Å². The van der Waals surface area contributed by atoms with Gasteiger partial charge in [-0.05, 0) is 43.5 Å². The average Bonchev–Trinajstić information content (AvgIpc) is 2.44. The summed E-state index contributed by atoms with van der Waals surface area (Å²) in [5.41, 5.74) is 5.23. The molecule has 0 aliphatic heterocycles. The Hall–Kier alpha value is -2.35. The Kier molecular flexibility index (Phi) is 2.94. The summed E-state index contributed by atoms with van der Waals surface area (Å²) < 4.78 is 5.53. The number of rotatable bonds is 1. The Balaban J connectivity index is 2.28. The second kappa shape index (κ2) is 4.64. The third-order valence-corrected chi connectivity index (χ3v) is 3.78. The lowest BCUT2D eigenvalue weighted by Gasteiger charge is -2.06. The lowest BCUT2D eigenvalue weighted by molar-refractivity contribution is 0.561. The lowest BCUT2D eigenvalue weighted by atomic mass is 10.0. The van der Waals surface area contributed by atoms with Gasteiger partial charge in [0.05, 0.1) is 5.56 Å². The van der Waals surface area contributed by atoms with Crippen LogP contribution in [0.3, 0.4) is 0 Å². The predicted octanol–water partition coefficient (Wildman–Crippen LogP) is 4.39. The van der Waals surface area contributed by atoms with E-state index in [0.717, 1.165) is 22.1 Å². The number of hydrogen-bond donors (Lipinski definition) is 0. The molecule has 20 heavy (non-hydrogen) atoms. The van der Waals surface area contributed by atoms with E-state index in [1.54, 1.807) is 0 Å². The van der Waals surface area contributed by atoms with Crippen LogP contribution >= 0.6 is 0 Å². The van der Waals surface area contributed by atoms with Crippen molar-refractivity contribution in [2.45, 2.75) is 20.8 Å². The quantitative estimate of drug-likeness (QED) is 0.610. The van der Waals surface area contributed by atoms with Crippen LogP contribution in [0.2, 0.25) is 0 Å². The summed E-state index contributed by atoms with van der Waals surface area (Å²) >= 11 is 0. The molecule has 0 atom stereocenters. The minimum Gasteiger partial charge on any atom is -0.422 e. The highest BCUT2D eigenvalue weighted by atomic mass is 16.4. The van der Waals surface area contributed by atoms with Gasteiger partial charge in [0.1, 0.15) is 5.58 Å². The van der Waals surface area contributed by atoms with Crippen molar-refractivity contribution in [3.63, 3.8) is 0 Å². The van der Waals surface area contributed by atoms with Crippen LogP contribution in [0.4, 0.5) is 0 Å². The number of fused-ring (bicyclic) bond motifs is 1. The number of aryl methyl sites for hydroxylation is 3. The molecule has 2 aromatic carbocycles. The molecule has 1 aromatic heterocycles. The van der Waals surface area contributed by atoms with Gasteiger partial charge in [-0.3, -0.25) is 0 Å². The molecule has 2 heteroatoms. The predicted molar refractivity (Wildman–Crippen MR) is 82.1 cm³/mol. The van der Waals surface area contributed by atoms with Crippen molar-refractivity contribution in [1.82, 2.24) is 0 Å². The zero-order valence-electron chi connectivity index (χ0n) is 11.9. The van der Waals surface area contributed by atoms with Crippen LogP contribution in [0.25, 0.3) is 22.1 Å². The van der Waals surface area contributed by atoms with Gasteiger partial charge < -0.3 is 4.42 Å². The normalized spacial score (nSPS) is 10.9. The molecule has 0 bridgehead atoms. The van der Waals surface area contributed by atoms with Gasteiger partial charge in [0.15, 0.2) is 0 Å². The van der Waals surface area contributed by atoms with E-state index in [1.807, 2.05) is 57.2 Å². The van der Waals surface area contributed by atoms with Crippen molar-refractivity contribution in [1.29, 1.82) is 0 Å². The van der Waals surface area contributed by atoms with E-state index in [-0.39, 0.29) is 5.63 Å². The minimum absolute atomic E-state index is 0.282. The maximum absolute atomic E-state index is 12.2. The summed E-state index contributed by atoms with van der Waals surface area (Å²) in [6.45, 7) is 6.02. The summed E-state index contributed by atoms with van der Waals surface area (Å²) in [6, 6.07) is 13.9. The molecule has 0 fully saturated rings. The first-order valence-electron chi connectivity index (χ1n) is 6.67. The fourth-order valence-electron chi connectivity index (χ4n) is 2.36. The van der Waals surface area contributed by atoms with Crippen LogP contribution < -0.4 is 5.63 Å². The van der Waals surface area contributed by atoms with Gasteiger partial charge in [0.2, 0.25) is 0 Å². The average molecular weight is 264 g/mol. The van der Waals surface area contributed by atoms with Gasteiger partial charge >= 0.3 is 5.63 Å². The molecule has 2 nitrogen and oxygen atoms in total. The topological polar surface area (TPSA) is 30.2 Å². The van der Waals surface area contributed by atoms with Gasteiger partial charge in [-0.15, -0.1) is 0 Å². The lowest BCUT2D eigenvalue weighted by Crippen LogP contribution is -2.03. The Morgan fingerprint density at radius 1 is 0.900 bits per heavy atom. The number of benzene rings is 2. The second-order valence-corrected chi connectivity index (χ2v) is 5.24. The van der Waals surface area contributed by atoms with Gasteiger partial charge in [-0.1, -0.05) is 42.0 Å². The molecule has 0 spiro atoms. The highest BCUT2D eigenvalue weighted by Gasteiger charge is 2.10. The van der Waals surface area contributed by atoms with Gasteiger partial charge in [-0.25, -0.2) is 4.79 Å². The smallest absolute Gasteiger partial charge is 0.344 e. The first kappa shape index (κ1) is 12.7. The fraction of sp³-hybridized carbons (Fsp3) is 0.167. The van der Waals surface area contributed by atoms with E-state index in [1.165, 1.54) is 5.56 Å². The highest BCUT2D eigenvalue weighted by Crippen LogP contribution is 2.24. The maximum Gasteiger partial charge on any atom is 0.344 e. The molecule has 0 saturated carbocycles. The highest BCUT2D eigenvalue weighted by molar-refractivity contribution is 5.84. The van der Waals surface area contributed by atoms with Crippen molar-refractivity contribution < 1.29 is 4.42 Å². The third kappa shape index (κ3) is 2.03. The largest absolute Gasteiger partial charge is 0.422 e. The number of hydrogen-bond acceptors (Lipinski definition) is 2. The van der Waals surface area contributed by atoms with Crippen LogP contribution in [-0.2, 0) is 0 Å². The van der Waals surface area contributed by atoms with E-state index in [4.69, 9.17) is 4.42 Å². The van der Waals surface area contributed by atoms with Gasteiger partial charge in [0, 0.05) is 5.39 Å². The first-order chi connectivity index (χ1) is 9.56. The second-order valence-electron chi connectivity index (χ2n) is 5.24. The summed E-state index contributed by atoms with van der Waals surface area (Å²) in [4.78, 5) is 12.2. The molecule has 100 valence electrons. The summed E-state index contributed by atoms with van der Waals surface area (Å²) in [5, 5.41) is 0.961. The molecule has 0 N–H and O–H groups in total. The van der Waals surface area contributed by atoms with E-state index < -0.39 is 0 Å². The molecule has 0 aliphatic rings. The van der Waals surface area contributed by atoms with Crippen molar-refractivity contribution in [3.8, 4) is 11.1 Å². The summed E-state index contributed by atoms with van der Waals surface area (Å²) in [5.74, 6) is 0. The Morgan fingerprint density at radius 2 is 1.60 bits per heavy atom. The molecular formula is C18H16O2. The molecule has 1 heterocycles. The van der Waals surface area contributed by atoms with Crippen LogP contribution in [0.1, 0.15) is 16.7 Å². The Bertz CT molecular complexity index is 840. The molecular weight excluding hydrogens is 248 g/mol. The van der Waals surface area contributed by atoms with Gasteiger partial charge in [-0.2, -0.15) is 0 Å². The van der Waals surface area contributed by atoms with Crippen molar-refractivity contribution in [2.24, 2.45) is 0 Å². The van der Waals surface area contributed by atoms with Crippen molar-refractivity contribution in [3.05, 3.63) is 69.6 Å². The Labute approximate surface area is 117 Å². The maximum atomic E-state index is 12.2. The zero-order valence-corrected chi connectivity index (χ0v) is 11.9. The van der Waals surface area contributed by atoms with Crippen molar-refractivity contribution >= 4 is 11.0 Å². The first-order valence-corrected chi connectivity index (χ1v) is 6.67. The Morgan fingerprint density at radius 3 is 2.30 bits per heavy atom.